The smallest absolute Gasteiger partial charge is 0.338 e. The van der Waals surface area contributed by atoms with Gasteiger partial charge in [0.05, 0.1) is 19.3 Å². The van der Waals surface area contributed by atoms with E-state index >= 15 is 0 Å². The Labute approximate surface area is 158 Å². The number of urea groups is 1. The van der Waals surface area contributed by atoms with Gasteiger partial charge in [0.2, 0.25) is 0 Å². The van der Waals surface area contributed by atoms with Crippen molar-refractivity contribution < 1.29 is 28.6 Å². The first kappa shape index (κ1) is 20.5. The van der Waals surface area contributed by atoms with Crippen LogP contribution in [-0.4, -0.2) is 44.3 Å². The maximum absolute atomic E-state index is 12.1. The minimum atomic E-state index is -0.693. The minimum absolute atomic E-state index is 0.0883. The normalized spacial score (nSPS) is 14.1. The maximum atomic E-state index is 12.1. The highest BCUT2D eigenvalue weighted by Gasteiger charge is 2.18. The van der Waals surface area contributed by atoms with Crippen LogP contribution in [0.1, 0.15) is 49.4 Å². The summed E-state index contributed by atoms with van der Waals surface area (Å²) in [4.78, 5) is 35.7. The molecule has 27 heavy (non-hydrogen) atoms. The first-order valence-electron chi connectivity index (χ1n) is 9.11. The predicted octanol–water partition coefficient (Wildman–Crippen LogP) is 2.41. The van der Waals surface area contributed by atoms with Crippen LogP contribution in [0, 0.1) is 0 Å². The van der Waals surface area contributed by atoms with Gasteiger partial charge < -0.3 is 19.5 Å². The van der Waals surface area contributed by atoms with Crippen LogP contribution >= 0.6 is 0 Å². The average Bonchev–Trinajstić information content (AvgIpc) is 2.67. The molecule has 0 saturated heterocycles. The predicted molar refractivity (Wildman–Crippen MR) is 98.0 cm³/mol. The van der Waals surface area contributed by atoms with Crippen LogP contribution in [0.3, 0.4) is 0 Å². The van der Waals surface area contributed by atoms with E-state index in [0.29, 0.717) is 18.1 Å². The molecule has 1 aromatic rings. The molecule has 0 atom stereocenters. The number of carbonyl (C=O) groups excluding carboxylic acids is 3. The van der Waals surface area contributed by atoms with Crippen molar-refractivity contribution in [2.75, 3.05) is 20.3 Å². The van der Waals surface area contributed by atoms with Crippen molar-refractivity contribution in [3.63, 3.8) is 0 Å². The fraction of sp³-hybridized carbons (Fsp3) is 0.526. The van der Waals surface area contributed by atoms with Crippen LogP contribution in [0.4, 0.5) is 4.79 Å². The number of amides is 3. The molecule has 1 aliphatic rings. The number of hydrogen-bond donors (Lipinski definition) is 2. The summed E-state index contributed by atoms with van der Waals surface area (Å²) in [7, 11) is 1.50. The number of methoxy groups -OCH3 is 1. The third-order valence-electron chi connectivity index (χ3n) is 4.23. The number of rotatable bonds is 7. The molecule has 0 bridgehead atoms. The lowest BCUT2D eigenvalue weighted by Crippen LogP contribution is -2.46. The van der Waals surface area contributed by atoms with E-state index < -0.39 is 24.5 Å². The van der Waals surface area contributed by atoms with E-state index in [9.17, 15) is 14.4 Å². The maximum Gasteiger partial charge on any atom is 0.338 e. The van der Waals surface area contributed by atoms with Crippen molar-refractivity contribution >= 4 is 17.9 Å². The number of carbonyl (C=O) groups is 3. The minimum Gasteiger partial charge on any atom is -0.493 e. The van der Waals surface area contributed by atoms with Crippen molar-refractivity contribution in [2.45, 2.75) is 45.1 Å². The largest absolute Gasteiger partial charge is 0.493 e. The van der Waals surface area contributed by atoms with Gasteiger partial charge in [-0.25, -0.2) is 9.59 Å². The molecule has 0 spiro atoms. The molecule has 0 unspecified atom stereocenters. The summed E-state index contributed by atoms with van der Waals surface area (Å²) in [6, 6.07) is 4.10. The summed E-state index contributed by atoms with van der Waals surface area (Å²) in [6.07, 6.45) is 5.14. The van der Waals surface area contributed by atoms with Gasteiger partial charge in [0.1, 0.15) is 0 Å². The zero-order chi connectivity index (χ0) is 19.6. The summed E-state index contributed by atoms with van der Waals surface area (Å²) in [5.74, 6) is -0.479. The lowest BCUT2D eigenvalue weighted by molar-refractivity contribution is -0.123. The molecular weight excluding hydrogens is 352 g/mol. The Balaban J connectivity index is 1.81. The van der Waals surface area contributed by atoms with E-state index in [-0.39, 0.29) is 11.6 Å². The van der Waals surface area contributed by atoms with Crippen LogP contribution in [-0.2, 0) is 9.53 Å². The van der Waals surface area contributed by atoms with Gasteiger partial charge in [-0.2, -0.15) is 0 Å². The Morgan fingerprint density at radius 2 is 1.85 bits per heavy atom. The van der Waals surface area contributed by atoms with Crippen molar-refractivity contribution in [3.8, 4) is 11.5 Å². The number of benzene rings is 1. The second-order valence-electron chi connectivity index (χ2n) is 6.23. The lowest BCUT2D eigenvalue weighted by atomic mass is 9.96. The first-order valence-corrected chi connectivity index (χ1v) is 9.11. The van der Waals surface area contributed by atoms with Gasteiger partial charge in [0.15, 0.2) is 18.1 Å². The molecule has 1 aliphatic carbocycles. The van der Waals surface area contributed by atoms with Gasteiger partial charge in [-0.3, -0.25) is 10.1 Å². The second kappa shape index (κ2) is 10.4. The van der Waals surface area contributed by atoms with Crippen molar-refractivity contribution in [3.05, 3.63) is 23.8 Å². The number of ether oxygens (including phenoxy) is 3. The molecule has 1 fully saturated rings. The summed E-state index contributed by atoms with van der Waals surface area (Å²) < 4.78 is 15.5. The molecule has 148 valence electrons. The van der Waals surface area contributed by atoms with Gasteiger partial charge in [-0.1, -0.05) is 19.3 Å². The standard InChI is InChI=1S/C19H26N2O6/c1-3-26-16-11-13(9-10-15(16)25-2)18(23)27-12-17(22)21-19(24)20-14-7-5-4-6-8-14/h9-11,14H,3-8,12H2,1-2H3,(H2,20,21,22,24). The van der Waals surface area contributed by atoms with Gasteiger partial charge in [-0.05, 0) is 38.0 Å². The van der Waals surface area contributed by atoms with E-state index in [1.165, 1.54) is 25.7 Å². The van der Waals surface area contributed by atoms with Crippen molar-refractivity contribution in [1.29, 1.82) is 0 Å². The van der Waals surface area contributed by atoms with Gasteiger partial charge >= 0.3 is 12.0 Å². The quantitative estimate of drug-likeness (QED) is 0.706. The summed E-state index contributed by atoms with van der Waals surface area (Å²) in [5.41, 5.74) is 0.221. The number of imide groups is 1. The van der Waals surface area contributed by atoms with E-state index in [1.807, 2.05) is 6.92 Å². The highest BCUT2D eigenvalue weighted by atomic mass is 16.5. The van der Waals surface area contributed by atoms with Crippen molar-refractivity contribution in [2.24, 2.45) is 0 Å². The number of hydrogen-bond acceptors (Lipinski definition) is 6. The molecule has 0 radical (unpaired) electrons. The molecule has 3 amide bonds. The van der Waals surface area contributed by atoms with E-state index in [4.69, 9.17) is 14.2 Å². The topological polar surface area (TPSA) is 103 Å². The molecule has 2 N–H and O–H groups in total. The summed E-state index contributed by atoms with van der Waals surface area (Å²) in [5, 5.41) is 4.93. The fourth-order valence-corrected chi connectivity index (χ4v) is 2.92. The summed E-state index contributed by atoms with van der Waals surface area (Å²) >= 11 is 0. The highest BCUT2D eigenvalue weighted by molar-refractivity contribution is 5.97. The Kier molecular flexibility index (Phi) is 7.91. The van der Waals surface area contributed by atoms with E-state index in [1.54, 1.807) is 6.07 Å². The van der Waals surface area contributed by atoms with Gasteiger partial charge in [0, 0.05) is 6.04 Å². The Bertz CT molecular complexity index is 670. The Hall–Kier alpha value is -2.77. The van der Waals surface area contributed by atoms with Crippen LogP contribution in [0.2, 0.25) is 0 Å². The Morgan fingerprint density at radius 1 is 1.11 bits per heavy atom. The van der Waals surface area contributed by atoms with Crippen LogP contribution in [0.25, 0.3) is 0 Å². The van der Waals surface area contributed by atoms with Crippen LogP contribution < -0.4 is 20.1 Å². The first-order chi connectivity index (χ1) is 13.0. The monoisotopic (exact) mass is 378 g/mol. The third-order valence-corrected chi connectivity index (χ3v) is 4.23. The van der Waals surface area contributed by atoms with Crippen molar-refractivity contribution in [1.82, 2.24) is 10.6 Å². The molecule has 1 saturated carbocycles. The molecule has 0 aliphatic heterocycles. The second-order valence-corrected chi connectivity index (χ2v) is 6.23. The van der Waals surface area contributed by atoms with E-state index in [0.717, 1.165) is 25.7 Å². The molecule has 0 aromatic heterocycles. The van der Waals surface area contributed by atoms with E-state index in [2.05, 4.69) is 10.6 Å². The molecule has 8 heteroatoms. The molecule has 1 aromatic carbocycles. The van der Waals surface area contributed by atoms with Gasteiger partial charge in [-0.15, -0.1) is 0 Å². The summed E-state index contributed by atoms with van der Waals surface area (Å²) in [6.45, 7) is 1.67. The molecular formula is C19H26N2O6. The zero-order valence-electron chi connectivity index (χ0n) is 15.7. The van der Waals surface area contributed by atoms with Crippen LogP contribution in [0.15, 0.2) is 18.2 Å². The SMILES string of the molecule is CCOc1cc(C(=O)OCC(=O)NC(=O)NC2CCCCC2)ccc1OC. The number of nitrogens with one attached hydrogen (secondary N) is 2. The molecule has 0 heterocycles. The van der Waals surface area contributed by atoms with Gasteiger partial charge in [0.25, 0.3) is 5.91 Å². The highest BCUT2D eigenvalue weighted by Crippen LogP contribution is 2.28. The lowest BCUT2D eigenvalue weighted by Gasteiger charge is -2.22. The fourth-order valence-electron chi connectivity index (χ4n) is 2.92. The molecule has 2 rings (SSSR count). The number of esters is 1. The zero-order valence-corrected chi connectivity index (χ0v) is 15.7. The Morgan fingerprint density at radius 3 is 2.52 bits per heavy atom. The third kappa shape index (κ3) is 6.47. The van der Waals surface area contributed by atoms with Crippen LogP contribution in [0.5, 0.6) is 11.5 Å². The average molecular weight is 378 g/mol. The molecule has 8 nitrogen and oxygen atoms in total.